The lowest BCUT2D eigenvalue weighted by Gasteiger charge is -2.43. The number of hydrogen-bond acceptors (Lipinski definition) is 9. The van der Waals surface area contributed by atoms with Crippen LogP contribution >= 0.6 is 0 Å². The molecule has 1 aromatic rings. The highest BCUT2D eigenvalue weighted by Gasteiger charge is 2.51. The maximum atomic E-state index is 11.4. The zero-order valence-electron chi connectivity index (χ0n) is 16.1. The minimum Gasteiger partial charge on any atom is -0.393 e. The molecule has 0 aliphatic carbocycles. The molecule has 164 valence electrons. The molecule has 1 aliphatic heterocycles. The van der Waals surface area contributed by atoms with Crippen LogP contribution < -0.4 is 5.73 Å². The van der Waals surface area contributed by atoms with Crippen molar-refractivity contribution in [1.29, 1.82) is 0 Å². The van der Waals surface area contributed by atoms with Crippen molar-refractivity contribution in [1.82, 2.24) is 0 Å². The number of benzene rings is 1. The molecule has 4 atom stereocenters. The van der Waals surface area contributed by atoms with Gasteiger partial charge in [-0.1, -0.05) is 18.2 Å². The third-order valence-corrected chi connectivity index (χ3v) is 4.62. The van der Waals surface area contributed by atoms with Crippen molar-refractivity contribution in [3.05, 3.63) is 35.4 Å². The first-order valence-electron chi connectivity index (χ1n) is 9.36. The second-order valence-corrected chi connectivity index (χ2v) is 6.69. The highest BCUT2D eigenvalue weighted by Crippen LogP contribution is 2.27. The van der Waals surface area contributed by atoms with Gasteiger partial charge in [0.05, 0.1) is 46.2 Å². The van der Waals surface area contributed by atoms with Crippen LogP contribution in [-0.2, 0) is 25.4 Å². The van der Waals surface area contributed by atoms with E-state index in [-0.39, 0.29) is 19.8 Å². The second-order valence-electron chi connectivity index (χ2n) is 6.69. The molecule has 1 amide bonds. The summed E-state index contributed by atoms with van der Waals surface area (Å²) in [6.07, 6.45) is -3.62. The highest BCUT2D eigenvalue weighted by molar-refractivity contribution is 5.94. The van der Waals surface area contributed by atoms with E-state index >= 15 is 0 Å². The first kappa shape index (κ1) is 23.6. The molecule has 10 heteroatoms. The predicted molar refractivity (Wildman–Crippen MR) is 100 cm³/mol. The molecular formula is C19H29NO9. The average Bonchev–Trinajstić information content (AvgIpc) is 2.72. The van der Waals surface area contributed by atoms with E-state index in [2.05, 4.69) is 0 Å². The number of hydrogen-bond donors (Lipinski definition) is 5. The van der Waals surface area contributed by atoms with E-state index < -0.39 is 36.6 Å². The lowest BCUT2D eigenvalue weighted by atomic mass is 9.90. The Hall–Kier alpha value is -1.63. The summed E-state index contributed by atoms with van der Waals surface area (Å²) in [4.78, 5) is 11.4. The largest absolute Gasteiger partial charge is 0.393 e. The fourth-order valence-corrected chi connectivity index (χ4v) is 2.95. The van der Waals surface area contributed by atoms with Crippen LogP contribution in [0.2, 0.25) is 0 Å². The van der Waals surface area contributed by atoms with Gasteiger partial charge >= 0.3 is 0 Å². The first-order chi connectivity index (χ1) is 13.9. The van der Waals surface area contributed by atoms with Gasteiger partial charge in [0, 0.05) is 5.56 Å². The summed E-state index contributed by atoms with van der Waals surface area (Å²) in [5.41, 5.74) is 4.53. The van der Waals surface area contributed by atoms with Gasteiger partial charge in [-0.2, -0.15) is 0 Å². The van der Waals surface area contributed by atoms with Crippen LogP contribution in [0.15, 0.2) is 24.3 Å². The number of carbonyl (C=O) groups excluding carboxylic acids is 1. The number of aliphatic hydroxyl groups excluding tert-OH is 3. The monoisotopic (exact) mass is 415 g/mol. The molecule has 0 bridgehead atoms. The Bertz CT molecular complexity index is 644. The topological polar surface area (TPSA) is 161 Å². The summed E-state index contributed by atoms with van der Waals surface area (Å²) in [6.45, 7) is 0.215. The molecule has 4 unspecified atom stereocenters. The molecule has 1 heterocycles. The molecule has 0 radical (unpaired) electrons. The highest BCUT2D eigenvalue weighted by atomic mass is 16.7. The zero-order valence-corrected chi connectivity index (χ0v) is 16.1. The molecular weight excluding hydrogens is 386 g/mol. The number of primary amides is 1. The van der Waals surface area contributed by atoms with Crippen molar-refractivity contribution in [2.45, 2.75) is 30.5 Å². The molecule has 2 rings (SSSR count). The summed E-state index contributed by atoms with van der Waals surface area (Å²) >= 11 is 0. The van der Waals surface area contributed by atoms with Crippen LogP contribution in [0.4, 0.5) is 0 Å². The van der Waals surface area contributed by atoms with Crippen molar-refractivity contribution in [3.63, 3.8) is 0 Å². The summed E-state index contributed by atoms with van der Waals surface area (Å²) < 4.78 is 21.3. The van der Waals surface area contributed by atoms with Crippen molar-refractivity contribution in [2.24, 2.45) is 5.73 Å². The van der Waals surface area contributed by atoms with Gasteiger partial charge in [-0.05, 0) is 18.1 Å². The molecule has 0 spiro atoms. The van der Waals surface area contributed by atoms with E-state index in [1.165, 1.54) is 0 Å². The van der Waals surface area contributed by atoms with Crippen LogP contribution in [0.5, 0.6) is 0 Å². The Morgan fingerprint density at radius 3 is 2.48 bits per heavy atom. The molecule has 1 saturated heterocycles. The quantitative estimate of drug-likeness (QED) is 0.248. The Morgan fingerprint density at radius 1 is 1.14 bits per heavy atom. The molecule has 0 saturated carbocycles. The van der Waals surface area contributed by atoms with Crippen LogP contribution in [0.1, 0.15) is 15.9 Å². The average molecular weight is 415 g/mol. The van der Waals surface area contributed by atoms with Gasteiger partial charge in [-0.15, -0.1) is 0 Å². The van der Waals surface area contributed by atoms with E-state index in [0.29, 0.717) is 31.8 Å². The molecule has 1 fully saturated rings. The van der Waals surface area contributed by atoms with E-state index in [1.54, 1.807) is 12.1 Å². The van der Waals surface area contributed by atoms with Crippen molar-refractivity contribution in [3.8, 4) is 0 Å². The minimum atomic E-state index is -2.11. The Morgan fingerprint density at radius 2 is 1.79 bits per heavy atom. The van der Waals surface area contributed by atoms with Crippen LogP contribution in [0.3, 0.4) is 0 Å². The zero-order chi connectivity index (χ0) is 21.3. The third-order valence-electron chi connectivity index (χ3n) is 4.62. The molecule has 1 aliphatic rings. The standard InChI is InChI=1S/C19H29NO9/c20-17(24)14-4-2-1-3-13(14)5-6-26-7-8-27-9-10-28-18-19(25,12-21)16(23)15(22)11-29-18/h1-4,15-16,18,21-23,25H,5-12H2,(H2,20,24). The Kier molecular flexibility index (Phi) is 9.40. The number of nitrogens with two attached hydrogens (primary N) is 1. The maximum Gasteiger partial charge on any atom is 0.248 e. The van der Waals surface area contributed by atoms with Gasteiger partial charge in [-0.3, -0.25) is 4.79 Å². The van der Waals surface area contributed by atoms with Crippen molar-refractivity contribution in [2.75, 3.05) is 46.2 Å². The van der Waals surface area contributed by atoms with E-state index in [4.69, 9.17) is 24.7 Å². The van der Waals surface area contributed by atoms with Gasteiger partial charge in [0.15, 0.2) is 11.9 Å². The Labute approximate surface area is 168 Å². The smallest absolute Gasteiger partial charge is 0.248 e. The number of ether oxygens (including phenoxy) is 4. The summed E-state index contributed by atoms with van der Waals surface area (Å²) in [7, 11) is 0. The summed E-state index contributed by atoms with van der Waals surface area (Å²) in [6, 6.07) is 7.09. The van der Waals surface area contributed by atoms with Gasteiger partial charge < -0.3 is 45.1 Å². The third kappa shape index (κ3) is 6.43. The second kappa shape index (κ2) is 11.5. The van der Waals surface area contributed by atoms with Crippen molar-refractivity contribution < 1.29 is 44.2 Å². The number of rotatable bonds is 12. The predicted octanol–water partition coefficient (Wildman–Crippen LogP) is -1.82. The number of aliphatic hydroxyl groups is 4. The van der Waals surface area contributed by atoms with Crippen LogP contribution in [-0.4, -0.2) is 96.7 Å². The molecule has 0 aromatic heterocycles. The maximum absolute atomic E-state index is 11.4. The van der Waals surface area contributed by atoms with Gasteiger partial charge in [0.25, 0.3) is 0 Å². The van der Waals surface area contributed by atoms with Gasteiger partial charge in [0.1, 0.15) is 12.2 Å². The molecule has 1 aromatic carbocycles. The van der Waals surface area contributed by atoms with Gasteiger partial charge in [-0.25, -0.2) is 0 Å². The Balaban J connectivity index is 1.57. The molecule has 6 N–H and O–H groups in total. The number of amides is 1. The fraction of sp³-hybridized carbons (Fsp3) is 0.632. The minimum absolute atomic E-state index is 0.0434. The normalized spacial score (nSPS) is 27.1. The van der Waals surface area contributed by atoms with Crippen molar-refractivity contribution >= 4 is 5.91 Å². The first-order valence-corrected chi connectivity index (χ1v) is 9.36. The molecule has 10 nitrogen and oxygen atoms in total. The SMILES string of the molecule is NC(=O)c1ccccc1CCOCCOCCOC1OCC(O)C(O)C1(O)CO. The summed E-state index contributed by atoms with van der Waals surface area (Å²) in [5.74, 6) is -0.471. The number of carbonyl (C=O) groups is 1. The summed E-state index contributed by atoms with van der Waals surface area (Å²) in [5, 5.41) is 38.9. The fourth-order valence-electron chi connectivity index (χ4n) is 2.95. The van der Waals surface area contributed by atoms with Crippen LogP contribution in [0.25, 0.3) is 0 Å². The van der Waals surface area contributed by atoms with E-state index in [0.717, 1.165) is 5.56 Å². The van der Waals surface area contributed by atoms with Gasteiger partial charge in [0.2, 0.25) is 5.91 Å². The molecule has 29 heavy (non-hydrogen) atoms. The lowest BCUT2D eigenvalue weighted by molar-refractivity contribution is -0.324. The lowest BCUT2D eigenvalue weighted by Crippen LogP contribution is -2.65. The van der Waals surface area contributed by atoms with Crippen LogP contribution in [0, 0.1) is 0 Å². The van der Waals surface area contributed by atoms with E-state index in [9.17, 15) is 25.2 Å². The van der Waals surface area contributed by atoms with E-state index in [1.807, 2.05) is 12.1 Å².